The minimum atomic E-state index is -0.357. The van der Waals surface area contributed by atoms with Gasteiger partial charge in [0.05, 0.1) is 22.9 Å². The van der Waals surface area contributed by atoms with Gasteiger partial charge in [-0.3, -0.25) is 0 Å². The first-order valence-electron chi connectivity index (χ1n) is 4.86. The highest BCUT2D eigenvalue weighted by atomic mass is 35.5. The number of anilines is 1. The quantitative estimate of drug-likeness (QED) is 0.502. The van der Waals surface area contributed by atoms with Crippen LogP contribution in [0.5, 0.6) is 0 Å². The molecule has 0 amide bonds. The Morgan fingerprint density at radius 3 is 2.94 bits per heavy atom. The standard InChI is InChI=1S/C11H14ClNO2S/c1-16-6-2-5-15-11(14)8-3-4-9(12)10(13)7-8/h3-4,7H,2,5-6,13H2,1H3. The van der Waals surface area contributed by atoms with Crippen molar-refractivity contribution in [3.05, 3.63) is 28.8 Å². The van der Waals surface area contributed by atoms with Gasteiger partial charge < -0.3 is 10.5 Å². The molecule has 0 aromatic heterocycles. The zero-order valence-corrected chi connectivity index (χ0v) is 10.6. The fourth-order valence-corrected chi connectivity index (χ4v) is 1.65. The van der Waals surface area contributed by atoms with Gasteiger partial charge in [-0.15, -0.1) is 0 Å². The Labute approximate surface area is 104 Å². The molecule has 0 unspecified atom stereocenters. The van der Waals surface area contributed by atoms with Crippen molar-refractivity contribution in [3.8, 4) is 0 Å². The van der Waals surface area contributed by atoms with Gasteiger partial charge in [0.2, 0.25) is 0 Å². The van der Waals surface area contributed by atoms with Crippen LogP contribution in [-0.2, 0) is 4.74 Å². The fourth-order valence-electron chi connectivity index (χ4n) is 1.12. The molecule has 16 heavy (non-hydrogen) atoms. The average Bonchev–Trinajstić information content (AvgIpc) is 2.28. The van der Waals surface area contributed by atoms with Crippen molar-refractivity contribution in [1.82, 2.24) is 0 Å². The highest BCUT2D eigenvalue weighted by Gasteiger charge is 2.08. The predicted molar refractivity (Wildman–Crippen MR) is 69.1 cm³/mol. The summed E-state index contributed by atoms with van der Waals surface area (Å²) < 4.78 is 5.07. The number of hydrogen-bond acceptors (Lipinski definition) is 4. The number of rotatable bonds is 5. The summed E-state index contributed by atoms with van der Waals surface area (Å²) >= 11 is 7.48. The second kappa shape index (κ2) is 6.66. The Morgan fingerprint density at radius 1 is 1.56 bits per heavy atom. The summed E-state index contributed by atoms with van der Waals surface area (Å²) in [5.74, 6) is 0.625. The van der Waals surface area contributed by atoms with Crippen molar-refractivity contribution < 1.29 is 9.53 Å². The topological polar surface area (TPSA) is 52.3 Å². The van der Waals surface area contributed by atoms with Crippen LogP contribution in [0, 0.1) is 0 Å². The molecule has 2 N–H and O–H groups in total. The maximum Gasteiger partial charge on any atom is 0.338 e. The molecule has 3 nitrogen and oxygen atoms in total. The van der Waals surface area contributed by atoms with Gasteiger partial charge in [-0.1, -0.05) is 11.6 Å². The fraction of sp³-hybridized carbons (Fsp3) is 0.364. The second-order valence-corrected chi connectivity index (χ2v) is 4.61. The summed E-state index contributed by atoms with van der Waals surface area (Å²) in [5.41, 5.74) is 6.42. The van der Waals surface area contributed by atoms with Gasteiger partial charge in [0.15, 0.2) is 0 Å². The minimum absolute atomic E-state index is 0.357. The number of carbonyl (C=O) groups is 1. The Balaban J connectivity index is 2.50. The Bertz CT molecular complexity index is 371. The first-order valence-corrected chi connectivity index (χ1v) is 6.63. The van der Waals surface area contributed by atoms with Crippen LogP contribution in [0.25, 0.3) is 0 Å². The monoisotopic (exact) mass is 259 g/mol. The van der Waals surface area contributed by atoms with E-state index in [2.05, 4.69) is 0 Å². The first-order chi connectivity index (χ1) is 7.65. The van der Waals surface area contributed by atoms with Crippen LogP contribution in [0.2, 0.25) is 5.02 Å². The van der Waals surface area contributed by atoms with Crippen LogP contribution in [0.3, 0.4) is 0 Å². The number of hydrogen-bond donors (Lipinski definition) is 1. The number of halogens is 1. The summed E-state index contributed by atoms with van der Waals surface area (Å²) in [7, 11) is 0. The molecule has 1 aromatic carbocycles. The molecule has 5 heteroatoms. The Morgan fingerprint density at radius 2 is 2.31 bits per heavy atom. The molecule has 0 atom stereocenters. The Kier molecular flexibility index (Phi) is 5.49. The molecule has 1 aromatic rings. The van der Waals surface area contributed by atoms with E-state index in [-0.39, 0.29) is 5.97 Å². The SMILES string of the molecule is CSCCCOC(=O)c1ccc(Cl)c(N)c1. The van der Waals surface area contributed by atoms with Crippen molar-refractivity contribution in [1.29, 1.82) is 0 Å². The Hall–Kier alpha value is -0.870. The van der Waals surface area contributed by atoms with Crippen molar-refractivity contribution in [2.75, 3.05) is 24.3 Å². The zero-order chi connectivity index (χ0) is 12.0. The van der Waals surface area contributed by atoms with E-state index in [1.807, 2.05) is 6.26 Å². The maximum absolute atomic E-state index is 11.5. The van der Waals surface area contributed by atoms with E-state index in [0.29, 0.717) is 22.9 Å². The number of nitrogens with two attached hydrogens (primary N) is 1. The van der Waals surface area contributed by atoms with Gasteiger partial charge >= 0.3 is 5.97 Å². The third-order valence-corrected chi connectivity index (χ3v) is 3.00. The van der Waals surface area contributed by atoms with Crippen LogP contribution < -0.4 is 5.73 Å². The van der Waals surface area contributed by atoms with E-state index in [4.69, 9.17) is 22.1 Å². The lowest BCUT2D eigenvalue weighted by Gasteiger charge is -2.05. The van der Waals surface area contributed by atoms with Crippen LogP contribution in [0.4, 0.5) is 5.69 Å². The molecule has 0 heterocycles. The highest BCUT2D eigenvalue weighted by molar-refractivity contribution is 7.98. The smallest absolute Gasteiger partial charge is 0.338 e. The van der Waals surface area contributed by atoms with Crippen LogP contribution >= 0.6 is 23.4 Å². The van der Waals surface area contributed by atoms with E-state index in [9.17, 15) is 4.79 Å². The van der Waals surface area contributed by atoms with Crippen molar-refractivity contribution in [2.45, 2.75) is 6.42 Å². The first kappa shape index (κ1) is 13.2. The molecule has 0 saturated carbocycles. The van der Waals surface area contributed by atoms with Gasteiger partial charge in [-0.05, 0) is 36.6 Å². The van der Waals surface area contributed by atoms with E-state index in [1.54, 1.807) is 23.9 Å². The lowest BCUT2D eigenvalue weighted by atomic mass is 10.2. The van der Waals surface area contributed by atoms with Crippen molar-refractivity contribution in [3.63, 3.8) is 0 Å². The van der Waals surface area contributed by atoms with Gasteiger partial charge in [0, 0.05) is 0 Å². The van der Waals surface area contributed by atoms with Crippen molar-refractivity contribution in [2.24, 2.45) is 0 Å². The summed E-state index contributed by atoms with van der Waals surface area (Å²) in [6.07, 6.45) is 2.87. The normalized spacial score (nSPS) is 10.1. The van der Waals surface area contributed by atoms with E-state index in [0.717, 1.165) is 12.2 Å². The second-order valence-electron chi connectivity index (χ2n) is 3.22. The summed E-state index contributed by atoms with van der Waals surface area (Å²) in [6, 6.07) is 4.73. The molecule has 1 rings (SSSR count). The molecule has 0 bridgehead atoms. The average molecular weight is 260 g/mol. The third-order valence-electron chi connectivity index (χ3n) is 1.96. The molecular formula is C11H14ClNO2S. The number of nitrogen functional groups attached to an aromatic ring is 1. The molecule has 0 aliphatic rings. The van der Waals surface area contributed by atoms with Gasteiger partial charge in [-0.2, -0.15) is 11.8 Å². The van der Waals surface area contributed by atoms with E-state index >= 15 is 0 Å². The minimum Gasteiger partial charge on any atom is -0.462 e. The molecule has 0 spiro atoms. The summed E-state index contributed by atoms with van der Waals surface area (Å²) in [5, 5.41) is 0.443. The molecule has 0 fully saturated rings. The van der Waals surface area contributed by atoms with Crippen LogP contribution in [0.15, 0.2) is 18.2 Å². The van der Waals surface area contributed by atoms with E-state index < -0.39 is 0 Å². The third kappa shape index (κ3) is 3.94. The molecule has 0 aliphatic heterocycles. The summed E-state index contributed by atoms with van der Waals surface area (Å²) in [6.45, 7) is 0.433. The van der Waals surface area contributed by atoms with Crippen molar-refractivity contribution >= 4 is 35.0 Å². The van der Waals surface area contributed by atoms with Crippen LogP contribution in [0.1, 0.15) is 16.8 Å². The van der Waals surface area contributed by atoms with Gasteiger partial charge in [-0.25, -0.2) is 4.79 Å². The molecule has 88 valence electrons. The van der Waals surface area contributed by atoms with Gasteiger partial charge in [0.1, 0.15) is 0 Å². The van der Waals surface area contributed by atoms with E-state index in [1.165, 1.54) is 6.07 Å². The molecule has 0 aliphatic carbocycles. The molecular weight excluding hydrogens is 246 g/mol. The number of carbonyl (C=O) groups excluding carboxylic acids is 1. The lowest BCUT2D eigenvalue weighted by molar-refractivity contribution is 0.0506. The molecule has 0 radical (unpaired) electrons. The lowest BCUT2D eigenvalue weighted by Crippen LogP contribution is -2.07. The number of thioether (sulfide) groups is 1. The largest absolute Gasteiger partial charge is 0.462 e. The maximum atomic E-state index is 11.5. The molecule has 0 saturated heterocycles. The van der Waals surface area contributed by atoms with Crippen LogP contribution in [-0.4, -0.2) is 24.6 Å². The predicted octanol–water partition coefficient (Wildman–Crippen LogP) is 2.83. The van der Waals surface area contributed by atoms with Gasteiger partial charge in [0.25, 0.3) is 0 Å². The highest BCUT2D eigenvalue weighted by Crippen LogP contribution is 2.19. The number of ether oxygens (including phenoxy) is 1. The number of esters is 1. The summed E-state index contributed by atoms with van der Waals surface area (Å²) in [4.78, 5) is 11.5. The zero-order valence-electron chi connectivity index (χ0n) is 9.03. The number of benzene rings is 1.